The minimum absolute atomic E-state index is 0.00162. The van der Waals surface area contributed by atoms with Crippen LogP contribution in [-0.4, -0.2) is 35.0 Å². The van der Waals surface area contributed by atoms with Gasteiger partial charge in [-0.2, -0.15) is 0 Å². The topological polar surface area (TPSA) is 136 Å². The van der Waals surface area contributed by atoms with Crippen molar-refractivity contribution < 1.29 is 19.5 Å². The highest BCUT2D eigenvalue weighted by atomic mass is 16.4. The minimum Gasteiger partial charge on any atom is -0.480 e. The second-order valence-corrected chi connectivity index (χ2v) is 5.31. The Labute approximate surface area is 118 Å². The fourth-order valence-electron chi connectivity index (χ4n) is 2.48. The Morgan fingerprint density at radius 1 is 1.20 bits per heavy atom. The fourth-order valence-corrected chi connectivity index (χ4v) is 2.48. The van der Waals surface area contributed by atoms with E-state index in [2.05, 4.69) is 5.32 Å². The lowest BCUT2D eigenvalue weighted by molar-refractivity contribution is -0.143. The van der Waals surface area contributed by atoms with Gasteiger partial charge in [-0.05, 0) is 19.3 Å². The van der Waals surface area contributed by atoms with Crippen molar-refractivity contribution in [1.82, 2.24) is 5.32 Å². The number of amides is 2. The van der Waals surface area contributed by atoms with Crippen LogP contribution in [-0.2, 0) is 14.4 Å². The normalized spacial score (nSPS) is 24.4. The van der Waals surface area contributed by atoms with Crippen molar-refractivity contribution in [3.8, 4) is 0 Å². The molecular weight excluding hydrogens is 262 g/mol. The van der Waals surface area contributed by atoms with Crippen LogP contribution >= 0.6 is 0 Å². The molecule has 114 valence electrons. The van der Waals surface area contributed by atoms with Gasteiger partial charge >= 0.3 is 5.97 Å². The summed E-state index contributed by atoms with van der Waals surface area (Å²) >= 11 is 0. The number of rotatable bonds is 6. The first kappa shape index (κ1) is 16.4. The van der Waals surface area contributed by atoms with Gasteiger partial charge in [0.15, 0.2) is 0 Å². The molecule has 1 aliphatic rings. The molecule has 0 aliphatic heterocycles. The summed E-state index contributed by atoms with van der Waals surface area (Å²) in [7, 11) is 0. The van der Waals surface area contributed by atoms with E-state index in [-0.39, 0.29) is 30.7 Å². The highest BCUT2D eigenvalue weighted by molar-refractivity contribution is 5.86. The number of hydrogen-bond acceptors (Lipinski definition) is 4. The van der Waals surface area contributed by atoms with E-state index in [9.17, 15) is 14.4 Å². The zero-order valence-electron chi connectivity index (χ0n) is 11.5. The summed E-state index contributed by atoms with van der Waals surface area (Å²) in [6.07, 6.45) is 4.33. The lowest BCUT2D eigenvalue weighted by Crippen LogP contribution is -2.48. The summed E-state index contributed by atoms with van der Waals surface area (Å²) in [5, 5.41) is 11.5. The lowest BCUT2D eigenvalue weighted by Gasteiger charge is -2.23. The van der Waals surface area contributed by atoms with Crippen LogP contribution in [0.1, 0.15) is 44.9 Å². The average molecular weight is 285 g/mol. The van der Waals surface area contributed by atoms with Crippen LogP contribution in [0.3, 0.4) is 0 Å². The molecule has 0 bridgehead atoms. The predicted octanol–water partition coefficient (Wildman–Crippen LogP) is -0.271. The molecule has 0 aromatic carbocycles. The van der Waals surface area contributed by atoms with Crippen molar-refractivity contribution in [1.29, 1.82) is 0 Å². The van der Waals surface area contributed by atoms with Crippen LogP contribution in [0.25, 0.3) is 0 Å². The standard InChI is InChI=1S/C13H23N3O4/c14-9-5-3-1-2-4-8(9)12(18)16-10(13(19)20)6-7-11(15)17/h8-10H,1-7,14H2,(H2,15,17)(H,16,18)(H,19,20)/t8?,9?,10-/m0/s1. The van der Waals surface area contributed by atoms with E-state index < -0.39 is 17.9 Å². The maximum absolute atomic E-state index is 12.2. The lowest BCUT2D eigenvalue weighted by atomic mass is 9.94. The summed E-state index contributed by atoms with van der Waals surface area (Å²) in [6.45, 7) is 0. The second kappa shape index (κ2) is 7.84. The van der Waals surface area contributed by atoms with E-state index >= 15 is 0 Å². The van der Waals surface area contributed by atoms with Crippen molar-refractivity contribution in [2.75, 3.05) is 0 Å². The molecule has 0 radical (unpaired) electrons. The quantitative estimate of drug-likeness (QED) is 0.498. The number of aliphatic carboxylic acids is 1. The van der Waals surface area contributed by atoms with Crippen LogP contribution in [0.2, 0.25) is 0 Å². The predicted molar refractivity (Wildman–Crippen MR) is 72.5 cm³/mol. The summed E-state index contributed by atoms with van der Waals surface area (Å²) in [6, 6.07) is -1.33. The van der Waals surface area contributed by atoms with Gasteiger partial charge in [0.05, 0.1) is 5.92 Å². The molecule has 1 aliphatic carbocycles. The zero-order chi connectivity index (χ0) is 15.1. The highest BCUT2D eigenvalue weighted by Crippen LogP contribution is 2.22. The van der Waals surface area contributed by atoms with Gasteiger partial charge in [0.2, 0.25) is 11.8 Å². The molecular formula is C13H23N3O4. The largest absolute Gasteiger partial charge is 0.480 e. The van der Waals surface area contributed by atoms with E-state index in [1.54, 1.807) is 0 Å². The number of hydrogen-bond donors (Lipinski definition) is 4. The Morgan fingerprint density at radius 2 is 1.85 bits per heavy atom. The third kappa shape index (κ3) is 5.16. The van der Waals surface area contributed by atoms with Gasteiger partial charge in [-0.15, -0.1) is 0 Å². The fraction of sp³-hybridized carbons (Fsp3) is 0.769. The van der Waals surface area contributed by atoms with E-state index in [0.29, 0.717) is 6.42 Å². The third-order valence-corrected chi connectivity index (χ3v) is 3.70. The smallest absolute Gasteiger partial charge is 0.326 e. The summed E-state index contributed by atoms with van der Waals surface area (Å²) in [5.74, 6) is -2.44. The van der Waals surface area contributed by atoms with Gasteiger partial charge in [0.1, 0.15) is 6.04 Å². The van der Waals surface area contributed by atoms with Gasteiger partial charge in [-0.1, -0.05) is 19.3 Å². The number of primary amides is 1. The van der Waals surface area contributed by atoms with Gasteiger partial charge in [-0.3, -0.25) is 9.59 Å². The second-order valence-electron chi connectivity index (χ2n) is 5.31. The number of carboxylic acid groups (broad SMARTS) is 1. The molecule has 0 aromatic heterocycles. The van der Waals surface area contributed by atoms with E-state index in [1.165, 1.54) is 0 Å². The van der Waals surface area contributed by atoms with Gasteiger partial charge in [0, 0.05) is 12.5 Å². The van der Waals surface area contributed by atoms with E-state index in [4.69, 9.17) is 16.6 Å². The molecule has 2 amide bonds. The van der Waals surface area contributed by atoms with Crippen molar-refractivity contribution >= 4 is 17.8 Å². The number of carbonyl (C=O) groups is 3. The average Bonchev–Trinajstić information content (AvgIpc) is 2.58. The van der Waals surface area contributed by atoms with E-state index in [0.717, 1.165) is 25.7 Å². The minimum atomic E-state index is -1.17. The monoisotopic (exact) mass is 285 g/mol. The highest BCUT2D eigenvalue weighted by Gasteiger charge is 2.30. The molecule has 0 spiro atoms. The molecule has 1 rings (SSSR count). The summed E-state index contributed by atoms with van der Waals surface area (Å²) < 4.78 is 0. The molecule has 0 aromatic rings. The van der Waals surface area contributed by atoms with Crippen LogP contribution < -0.4 is 16.8 Å². The van der Waals surface area contributed by atoms with Gasteiger partial charge in [0.25, 0.3) is 0 Å². The maximum atomic E-state index is 12.2. The first-order valence-electron chi connectivity index (χ1n) is 6.99. The summed E-state index contributed by atoms with van der Waals surface area (Å²) in [5.41, 5.74) is 11.0. The molecule has 0 heterocycles. The molecule has 1 saturated carbocycles. The van der Waals surface area contributed by atoms with Crippen LogP contribution in [0.5, 0.6) is 0 Å². The Hall–Kier alpha value is -1.63. The Balaban J connectivity index is 2.59. The Bertz CT molecular complexity index is 373. The molecule has 1 fully saturated rings. The van der Waals surface area contributed by atoms with Crippen LogP contribution in [0, 0.1) is 5.92 Å². The number of carboxylic acids is 1. The Morgan fingerprint density at radius 3 is 2.45 bits per heavy atom. The van der Waals surface area contributed by atoms with Crippen molar-refractivity contribution in [3.63, 3.8) is 0 Å². The van der Waals surface area contributed by atoms with E-state index in [1.807, 2.05) is 0 Å². The molecule has 3 atom stereocenters. The van der Waals surface area contributed by atoms with Crippen molar-refractivity contribution in [3.05, 3.63) is 0 Å². The number of nitrogens with two attached hydrogens (primary N) is 2. The molecule has 0 saturated heterocycles. The van der Waals surface area contributed by atoms with Crippen LogP contribution in [0.15, 0.2) is 0 Å². The molecule has 7 heteroatoms. The van der Waals surface area contributed by atoms with Crippen LogP contribution in [0.4, 0.5) is 0 Å². The molecule has 20 heavy (non-hydrogen) atoms. The molecule has 7 nitrogen and oxygen atoms in total. The molecule has 6 N–H and O–H groups in total. The molecule has 2 unspecified atom stereocenters. The first-order valence-corrected chi connectivity index (χ1v) is 6.99. The maximum Gasteiger partial charge on any atom is 0.326 e. The van der Waals surface area contributed by atoms with Crippen molar-refractivity contribution in [2.24, 2.45) is 17.4 Å². The zero-order valence-corrected chi connectivity index (χ0v) is 11.5. The Kier molecular flexibility index (Phi) is 6.44. The van der Waals surface area contributed by atoms with Gasteiger partial charge < -0.3 is 21.9 Å². The number of nitrogens with one attached hydrogen (secondary N) is 1. The number of carbonyl (C=O) groups excluding carboxylic acids is 2. The third-order valence-electron chi connectivity index (χ3n) is 3.70. The van der Waals surface area contributed by atoms with Gasteiger partial charge in [-0.25, -0.2) is 4.79 Å². The van der Waals surface area contributed by atoms with Crippen molar-refractivity contribution in [2.45, 2.75) is 57.0 Å². The first-order chi connectivity index (χ1) is 9.41. The SMILES string of the molecule is NC(=O)CC[C@H](NC(=O)C1CCCCCC1N)C(=O)O. The summed E-state index contributed by atoms with van der Waals surface area (Å²) in [4.78, 5) is 33.9.